The summed E-state index contributed by atoms with van der Waals surface area (Å²) in [6, 6.07) is 3.69. The summed E-state index contributed by atoms with van der Waals surface area (Å²) >= 11 is 0. The van der Waals surface area contributed by atoms with Crippen LogP contribution in [0.3, 0.4) is 0 Å². The van der Waals surface area contributed by atoms with Gasteiger partial charge in [-0.2, -0.15) is 0 Å². The smallest absolute Gasteiger partial charge is 0.255 e. The summed E-state index contributed by atoms with van der Waals surface area (Å²) in [7, 11) is 0. The lowest BCUT2D eigenvalue weighted by molar-refractivity contribution is 0.0217. The fourth-order valence-corrected chi connectivity index (χ4v) is 3.76. The first-order valence-electron chi connectivity index (χ1n) is 10.2. The number of likely N-dealkylation sites (tertiary alicyclic amines) is 1. The molecule has 0 aliphatic carbocycles. The van der Waals surface area contributed by atoms with Gasteiger partial charge in [-0.1, -0.05) is 19.4 Å². The van der Waals surface area contributed by atoms with Crippen molar-refractivity contribution < 1.29 is 19.4 Å². The van der Waals surface area contributed by atoms with E-state index in [9.17, 15) is 9.90 Å². The fourth-order valence-electron chi connectivity index (χ4n) is 3.76. The maximum Gasteiger partial charge on any atom is 0.255 e. The molecule has 0 spiro atoms. The maximum absolute atomic E-state index is 12.8. The van der Waals surface area contributed by atoms with Gasteiger partial charge in [0.25, 0.3) is 5.91 Å². The number of benzene rings is 1. The van der Waals surface area contributed by atoms with Crippen LogP contribution in [0.5, 0.6) is 11.5 Å². The van der Waals surface area contributed by atoms with Crippen LogP contribution in [0.4, 0.5) is 0 Å². The van der Waals surface area contributed by atoms with Crippen molar-refractivity contribution in [3.8, 4) is 11.5 Å². The van der Waals surface area contributed by atoms with E-state index >= 15 is 0 Å². The predicted molar refractivity (Wildman–Crippen MR) is 105 cm³/mol. The standard InChI is InChI=1S/C21H32N2O4/c1-3-4-9-23-10-8-16(18(24)14-23)13-22-21(25)17-7-6-15(2)19-20(17)27-12-5-11-26-19/h6-7,16,18,24H,3-5,8-14H2,1-2H3,(H,22,25)/t16-,18+/m0/s1. The first-order chi connectivity index (χ1) is 13.1. The Kier molecular flexibility index (Phi) is 6.96. The Labute approximate surface area is 161 Å². The number of amides is 1. The summed E-state index contributed by atoms with van der Waals surface area (Å²) < 4.78 is 11.6. The zero-order valence-corrected chi connectivity index (χ0v) is 16.5. The van der Waals surface area contributed by atoms with E-state index in [0.717, 1.165) is 37.9 Å². The maximum atomic E-state index is 12.8. The average molecular weight is 376 g/mol. The molecule has 150 valence electrons. The number of aliphatic hydroxyl groups excluding tert-OH is 1. The van der Waals surface area contributed by atoms with Gasteiger partial charge in [0, 0.05) is 25.4 Å². The van der Waals surface area contributed by atoms with Crippen molar-refractivity contribution in [1.29, 1.82) is 0 Å². The molecule has 27 heavy (non-hydrogen) atoms. The lowest BCUT2D eigenvalue weighted by Gasteiger charge is -2.36. The number of piperidine rings is 1. The number of nitrogens with zero attached hydrogens (tertiary/aromatic N) is 1. The minimum absolute atomic E-state index is 0.0908. The molecule has 2 atom stereocenters. The van der Waals surface area contributed by atoms with Crippen LogP contribution in [-0.2, 0) is 0 Å². The van der Waals surface area contributed by atoms with Crippen LogP contribution in [0.2, 0.25) is 0 Å². The van der Waals surface area contributed by atoms with Crippen molar-refractivity contribution in [3.05, 3.63) is 23.3 Å². The van der Waals surface area contributed by atoms with Crippen LogP contribution < -0.4 is 14.8 Å². The Bertz CT molecular complexity index is 649. The lowest BCUT2D eigenvalue weighted by Crippen LogP contribution is -2.47. The highest BCUT2D eigenvalue weighted by Gasteiger charge is 2.28. The second-order valence-corrected chi connectivity index (χ2v) is 7.62. The third-order valence-corrected chi connectivity index (χ3v) is 5.49. The second-order valence-electron chi connectivity index (χ2n) is 7.62. The molecule has 2 heterocycles. The summed E-state index contributed by atoms with van der Waals surface area (Å²) in [5.74, 6) is 1.13. The van der Waals surface area contributed by atoms with E-state index in [1.807, 2.05) is 13.0 Å². The zero-order chi connectivity index (χ0) is 19.2. The van der Waals surface area contributed by atoms with Crippen molar-refractivity contribution >= 4 is 5.91 Å². The number of carbonyl (C=O) groups is 1. The van der Waals surface area contributed by atoms with E-state index in [4.69, 9.17) is 9.47 Å². The molecular weight excluding hydrogens is 344 g/mol. The molecule has 0 radical (unpaired) electrons. The normalized spacial score (nSPS) is 22.9. The Morgan fingerprint density at radius 1 is 1.30 bits per heavy atom. The van der Waals surface area contributed by atoms with E-state index in [1.54, 1.807) is 6.07 Å². The van der Waals surface area contributed by atoms with Crippen molar-refractivity contribution in [1.82, 2.24) is 10.2 Å². The summed E-state index contributed by atoms with van der Waals surface area (Å²) in [5, 5.41) is 13.4. The van der Waals surface area contributed by atoms with Crippen LogP contribution in [-0.4, -0.2) is 61.4 Å². The van der Waals surface area contributed by atoms with Gasteiger partial charge in [-0.05, 0) is 44.5 Å². The van der Waals surface area contributed by atoms with Crippen LogP contribution in [0, 0.1) is 12.8 Å². The molecule has 1 amide bonds. The Morgan fingerprint density at radius 3 is 2.81 bits per heavy atom. The Hall–Kier alpha value is -1.79. The fraction of sp³-hybridized carbons (Fsp3) is 0.667. The van der Waals surface area contributed by atoms with Crippen LogP contribution >= 0.6 is 0 Å². The lowest BCUT2D eigenvalue weighted by atomic mass is 9.93. The number of nitrogens with one attached hydrogen (secondary N) is 1. The molecule has 6 heteroatoms. The summed E-state index contributed by atoms with van der Waals surface area (Å²) in [4.78, 5) is 15.1. The minimum Gasteiger partial charge on any atom is -0.489 e. The number of aryl methyl sites for hydroxylation is 1. The van der Waals surface area contributed by atoms with Crippen LogP contribution in [0.25, 0.3) is 0 Å². The van der Waals surface area contributed by atoms with Gasteiger partial charge in [0.2, 0.25) is 0 Å². The van der Waals surface area contributed by atoms with Crippen molar-refractivity contribution in [2.75, 3.05) is 39.4 Å². The number of hydrogen-bond acceptors (Lipinski definition) is 5. The Morgan fingerprint density at radius 2 is 2.07 bits per heavy atom. The molecule has 2 aliphatic heterocycles. The highest BCUT2D eigenvalue weighted by Crippen LogP contribution is 2.36. The van der Waals surface area contributed by atoms with Crippen molar-refractivity contribution in [2.45, 2.75) is 45.6 Å². The molecule has 2 N–H and O–H groups in total. The van der Waals surface area contributed by atoms with Gasteiger partial charge in [0.1, 0.15) is 0 Å². The number of ether oxygens (including phenoxy) is 2. The van der Waals surface area contributed by atoms with Gasteiger partial charge in [0.15, 0.2) is 11.5 Å². The molecule has 1 fully saturated rings. The second kappa shape index (κ2) is 9.42. The largest absolute Gasteiger partial charge is 0.489 e. The highest BCUT2D eigenvalue weighted by atomic mass is 16.5. The number of hydrogen-bond donors (Lipinski definition) is 2. The summed E-state index contributed by atoms with van der Waals surface area (Å²) in [5.41, 5.74) is 1.48. The summed E-state index contributed by atoms with van der Waals surface area (Å²) in [6.45, 7) is 8.47. The van der Waals surface area contributed by atoms with Gasteiger partial charge < -0.3 is 24.8 Å². The highest BCUT2D eigenvalue weighted by molar-refractivity contribution is 5.98. The molecule has 1 aromatic rings. The average Bonchev–Trinajstić information content (AvgIpc) is 2.92. The van der Waals surface area contributed by atoms with Crippen LogP contribution in [0.1, 0.15) is 48.5 Å². The quantitative estimate of drug-likeness (QED) is 0.798. The number of carbonyl (C=O) groups excluding carboxylic acids is 1. The van der Waals surface area contributed by atoms with Crippen molar-refractivity contribution in [3.63, 3.8) is 0 Å². The Balaban J connectivity index is 1.59. The molecular formula is C21H32N2O4. The van der Waals surface area contributed by atoms with E-state index in [1.165, 1.54) is 6.42 Å². The molecule has 1 aromatic carbocycles. The molecule has 0 saturated carbocycles. The molecule has 2 aliphatic rings. The number of rotatable bonds is 6. The van der Waals surface area contributed by atoms with Crippen molar-refractivity contribution in [2.24, 2.45) is 5.92 Å². The van der Waals surface area contributed by atoms with E-state index in [2.05, 4.69) is 17.1 Å². The van der Waals surface area contributed by atoms with E-state index < -0.39 is 6.10 Å². The topological polar surface area (TPSA) is 71.0 Å². The zero-order valence-electron chi connectivity index (χ0n) is 16.5. The van der Waals surface area contributed by atoms with Gasteiger partial charge in [-0.25, -0.2) is 0 Å². The van der Waals surface area contributed by atoms with Gasteiger partial charge in [-0.3, -0.25) is 4.79 Å². The summed E-state index contributed by atoms with van der Waals surface area (Å²) in [6.07, 6.45) is 3.63. The molecule has 1 saturated heterocycles. The number of β-amino-alcohol motifs (C(OH)–C–C–N with tert-alkyl or cyclic N) is 1. The minimum atomic E-state index is -0.398. The SMILES string of the molecule is CCCCN1CC[C@@H](CNC(=O)c2ccc(C)c3c2OCCCO3)[C@H](O)C1. The van der Waals surface area contributed by atoms with Crippen LogP contribution in [0.15, 0.2) is 12.1 Å². The van der Waals surface area contributed by atoms with Gasteiger partial charge in [0.05, 0.1) is 24.9 Å². The molecule has 0 bridgehead atoms. The number of fused-ring (bicyclic) bond motifs is 1. The molecule has 3 rings (SSSR count). The molecule has 0 aromatic heterocycles. The molecule has 0 unspecified atom stereocenters. The van der Waals surface area contributed by atoms with Gasteiger partial charge in [-0.15, -0.1) is 0 Å². The first kappa shape index (κ1) is 20.0. The number of unbranched alkanes of at least 4 members (excludes halogenated alkanes) is 1. The first-order valence-corrected chi connectivity index (χ1v) is 10.2. The third-order valence-electron chi connectivity index (χ3n) is 5.49. The van der Waals surface area contributed by atoms with E-state index in [0.29, 0.717) is 43.4 Å². The predicted octanol–water partition coefficient (Wildman–Crippen LogP) is 2.37. The van der Waals surface area contributed by atoms with E-state index in [-0.39, 0.29) is 11.8 Å². The monoisotopic (exact) mass is 376 g/mol. The molecule has 6 nitrogen and oxygen atoms in total. The third kappa shape index (κ3) is 4.93. The number of aliphatic hydroxyl groups is 1. The van der Waals surface area contributed by atoms with Gasteiger partial charge >= 0.3 is 0 Å².